The molecular formula is C23H29N7O. The van der Waals surface area contributed by atoms with Gasteiger partial charge in [0.05, 0.1) is 36.4 Å². The highest BCUT2D eigenvalue weighted by atomic mass is 16.3. The average Bonchev–Trinajstić information content (AvgIpc) is 2.77. The second-order valence-corrected chi connectivity index (χ2v) is 7.58. The summed E-state index contributed by atoms with van der Waals surface area (Å²) in [4.78, 5) is 13.4. The van der Waals surface area contributed by atoms with Crippen LogP contribution in [0.4, 0.5) is 11.6 Å². The molecule has 8 heteroatoms. The number of nitriles is 1. The lowest BCUT2D eigenvalue weighted by molar-refractivity contribution is 0.126. The smallest absolute Gasteiger partial charge is 0.223 e. The van der Waals surface area contributed by atoms with Crippen LogP contribution in [0.3, 0.4) is 0 Å². The fourth-order valence-corrected chi connectivity index (χ4v) is 3.59. The molecule has 1 aromatic heterocycles. The van der Waals surface area contributed by atoms with Gasteiger partial charge in [-0.2, -0.15) is 5.26 Å². The maximum absolute atomic E-state index is 9.72. The topological polar surface area (TPSA) is 132 Å². The first-order valence-corrected chi connectivity index (χ1v) is 10.5. The Morgan fingerprint density at radius 3 is 2.68 bits per heavy atom. The minimum absolute atomic E-state index is 0.212. The molecule has 0 saturated heterocycles. The Hall–Kier alpha value is -3.44. The predicted molar refractivity (Wildman–Crippen MR) is 123 cm³/mol. The van der Waals surface area contributed by atoms with E-state index in [0.29, 0.717) is 36.0 Å². The molecule has 3 rings (SSSR count). The van der Waals surface area contributed by atoms with Gasteiger partial charge < -0.3 is 21.5 Å². The van der Waals surface area contributed by atoms with Crippen LogP contribution in [0.25, 0.3) is 5.57 Å². The molecule has 0 aliphatic heterocycles. The van der Waals surface area contributed by atoms with Gasteiger partial charge in [-0.15, -0.1) is 0 Å². The van der Waals surface area contributed by atoms with Crippen LogP contribution in [0.2, 0.25) is 0 Å². The van der Waals surface area contributed by atoms with Gasteiger partial charge in [0.15, 0.2) is 0 Å². The number of allylic oxidation sites excluding steroid dienone is 1. The van der Waals surface area contributed by atoms with Gasteiger partial charge in [-0.05, 0) is 50.8 Å². The zero-order valence-electron chi connectivity index (χ0n) is 17.8. The molecule has 31 heavy (non-hydrogen) atoms. The Balaban J connectivity index is 1.88. The molecule has 1 aliphatic rings. The normalized spacial score (nSPS) is 19.8. The van der Waals surface area contributed by atoms with Crippen molar-refractivity contribution in [3.05, 3.63) is 54.0 Å². The van der Waals surface area contributed by atoms with Gasteiger partial charge in [-0.25, -0.2) is 9.97 Å². The number of nitrogens with zero attached hydrogens (tertiary/aromatic N) is 4. The Morgan fingerprint density at radius 2 is 1.97 bits per heavy atom. The molecule has 0 atom stereocenters. The monoisotopic (exact) mass is 419 g/mol. The SMILES string of the molecule is C/C(Nc1ccccc1)=C(/C(N)=NCCC#N)c1ccnc(NC2CCC(O)CC2)n1. The van der Waals surface area contributed by atoms with E-state index < -0.39 is 0 Å². The molecule has 0 unspecified atom stereocenters. The van der Waals surface area contributed by atoms with Crippen LogP contribution in [-0.2, 0) is 0 Å². The lowest BCUT2D eigenvalue weighted by atomic mass is 9.93. The van der Waals surface area contributed by atoms with Crippen molar-refractivity contribution in [1.29, 1.82) is 5.26 Å². The molecule has 0 radical (unpaired) electrons. The van der Waals surface area contributed by atoms with Gasteiger partial charge in [0.2, 0.25) is 5.95 Å². The zero-order chi connectivity index (χ0) is 22.1. The Labute approximate surface area is 182 Å². The molecule has 1 fully saturated rings. The van der Waals surface area contributed by atoms with Crippen LogP contribution in [0.1, 0.15) is 44.7 Å². The number of rotatable bonds is 8. The van der Waals surface area contributed by atoms with Crippen LogP contribution >= 0.6 is 0 Å². The number of aliphatic hydroxyl groups is 1. The molecule has 5 N–H and O–H groups in total. The summed E-state index contributed by atoms with van der Waals surface area (Å²) in [5.41, 5.74) is 9.37. The van der Waals surface area contributed by atoms with Crippen LogP contribution in [-0.4, -0.2) is 39.6 Å². The maximum Gasteiger partial charge on any atom is 0.223 e. The summed E-state index contributed by atoms with van der Waals surface area (Å²) in [6.45, 7) is 2.25. The Bertz CT molecular complexity index is 957. The molecule has 1 aliphatic carbocycles. The van der Waals surface area contributed by atoms with Crippen molar-refractivity contribution < 1.29 is 5.11 Å². The summed E-state index contributed by atoms with van der Waals surface area (Å²) < 4.78 is 0. The number of amidine groups is 1. The van der Waals surface area contributed by atoms with E-state index >= 15 is 0 Å². The molecular weight excluding hydrogens is 390 g/mol. The molecule has 1 saturated carbocycles. The second-order valence-electron chi connectivity index (χ2n) is 7.58. The van der Waals surface area contributed by atoms with E-state index in [0.717, 1.165) is 37.1 Å². The van der Waals surface area contributed by atoms with Gasteiger partial charge in [0.1, 0.15) is 5.84 Å². The molecule has 8 nitrogen and oxygen atoms in total. The highest BCUT2D eigenvalue weighted by molar-refractivity contribution is 6.22. The quantitative estimate of drug-likeness (QED) is 0.293. The van der Waals surface area contributed by atoms with Gasteiger partial charge in [0, 0.05) is 23.6 Å². The van der Waals surface area contributed by atoms with Crippen LogP contribution in [0.5, 0.6) is 0 Å². The highest BCUT2D eigenvalue weighted by Gasteiger charge is 2.20. The summed E-state index contributed by atoms with van der Waals surface area (Å²) in [5.74, 6) is 0.843. The van der Waals surface area contributed by atoms with Crippen molar-refractivity contribution >= 4 is 23.0 Å². The molecule has 0 amide bonds. The van der Waals surface area contributed by atoms with Gasteiger partial charge >= 0.3 is 0 Å². The van der Waals surface area contributed by atoms with E-state index in [1.54, 1.807) is 12.3 Å². The third-order valence-electron chi connectivity index (χ3n) is 5.18. The number of hydrogen-bond donors (Lipinski definition) is 4. The summed E-state index contributed by atoms with van der Waals surface area (Å²) in [6.07, 6.45) is 5.09. The standard InChI is InChI=1S/C23H29N7O/c1-16(28-17-6-3-2-4-7-17)21(22(25)26-14-5-13-24)20-12-15-27-23(30-20)29-18-8-10-19(31)11-9-18/h2-4,6-7,12,15,18-19,28,31H,5,8-11,14H2,1H3,(H2,25,26)(H,27,29,30)/b21-16-. The third-order valence-corrected chi connectivity index (χ3v) is 5.18. The summed E-state index contributed by atoms with van der Waals surface area (Å²) in [7, 11) is 0. The first-order chi connectivity index (χ1) is 15.1. The van der Waals surface area contributed by atoms with E-state index in [9.17, 15) is 5.11 Å². The first-order valence-electron chi connectivity index (χ1n) is 10.5. The van der Waals surface area contributed by atoms with Crippen molar-refractivity contribution in [2.75, 3.05) is 17.2 Å². The lowest BCUT2D eigenvalue weighted by Crippen LogP contribution is -2.29. The van der Waals surface area contributed by atoms with Crippen LogP contribution in [0.15, 0.2) is 53.3 Å². The predicted octanol–water partition coefficient (Wildman–Crippen LogP) is 3.31. The van der Waals surface area contributed by atoms with Crippen molar-refractivity contribution in [2.45, 2.75) is 51.2 Å². The summed E-state index contributed by atoms with van der Waals surface area (Å²) in [6, 6.07) is 13.9. The average molecular weight is 420 g/mol. The third kappa shape index (κ3) is 6.52. The van der Waals surface area contributed by atoms with E-state index in [1.807, 2.05) is 37.3 Å². The van der Waals surface area contributed by atoms with Crippen molar-refractivity contribution in [3.8, 4) is 6.07 Å². The maximum atomic E-state index is 9.72. The fraction of sp³-hybridized carbons (Fsp3) is 0.391. The number of nitrogens with two attached hydrogens (primary N) is 1. The number of aliphatic hydroxyl groups excluding tert-OH is 1. The molecule has 1 aromatic carbocycles. The molecule has 162 valence electrons. The van der Waals surface area contributed by atoms with E-state index in [2.05, 4.69) is 31.7 Å². The van der Waals surface area contributed by atoms with Crippen LogP contribution < -0.4 is 16.4 Å². The molecule has 1 heterocycles. The number of aromatic nitrogens is 2. The molecule has 0 spiro atoms. The van der Waals surface area contributed by atoms with Gasteiger partial charge in [0.25, 0.3) is 0 Å². The number of benzene rings is 1. The minimum atomic E-state index is -0.212. The zero-order valence-corrected chi connectivity index (χ0v) is 17.8. The van der Waals surface area contributed by atoms with Crippen LogP contribution in [0, 0.1) is 11.3 Å². The molecule has 2 aromatic rings. The number of hydrogen-bond acceptors (Lipinski definition) is 7. The number of anilines is 2. The van der Waals surface area contributed by atoms with Gasteiger partial charge in [-0.3, -0.25) is 4.99 Å². The summed E-state index contributed by atoms with van der Waals surface area (Å²) in [5, 5.41) is 25.3. The first kappa shape index (κ1) is 22.2. The van der Waals surface area contributed by atoms with E-state index in [4.69, 9.17) is 11.0 Å². The minimum Gasteiger partial charge on any atom is -0.393 e. The van der Waals surface area contributed by atoms with Crippen molar-refractivity contribution in [3.63, 3.8) is 0 Å². The van der Waals surface area contributed by atoms with Gasteiger partial charge in [-0.1, -0.05) is 18.2 Å². The van der Waals surface area contributed by atoms with Crippen molar-refractivity contribution in [2.24, 2.45) is 10.7 Å². The Morgan fingerprint density at radius 1 is 1.23 bits per heavy atom. The number of aliphatic imine (C=N–C) groups is 1. The van der Waals surface area contributed by atoms with E-state index in [-0.39, 0.29) is 12.1 Å². The fourth-order valence-electron chi connectivity index (χ4n) is 3.59. The largest absolute Gasteiger partial charge is 0.393 e. The number of nitrogens with one attached hydrogen (secondary N) is 2. The Kier molecular flexibility index (Phi) is 7.96. The number of para-hydroxylation sites is 1. The summed E-state index contributed by atoms with van der Waals surface area (Å²) >= 11 is 0. The van der Waals surface area contributed by atoms with Crippen molar-refractivity contribution in [1.82, 2.24) is 9.97 Å². The molecule has 0 bridgehead atoms. The second kappa shape index (κ2) is 11.1. The highest BCUT2D eigenvalue weighted by Crippen LogP contribution is 2.23. The van der Waals surface area contributed by atoms with E-state index in [1.165, 1.54) is 0 Å². The lowest BCUT2D eigenvalue weighted by Gasteiger charge is -2.26.